The maximum Gasteiger partial charge on any atom is 0.0740 e. The lowest BCUT2D eigenvalue weighted by molar-refractivity contribution is 0.289. The van der Waals surface area contributed by atoms with Gasteiger partial charge in [-0.1, -0.05) is 48.9 Å². The first-order valence-corrected chi connectivity index (χ1v) is 6.16. The molecule has 0 aliphatic heterocycles. The lowest BCUT2D eigenvalue weighted by atomic mass is 10.2. The predicted molar refractivity (Wildman–Crippen MR) is 73.8 cm³/mol. The normalized spacial score (nSPS) is 10.7. The molecule has 0 aliphatic carbocycles. The van der Waals surface area contributed by atoms with Gasteiger partial charge in [-0.15, -0.1) is 0 Å². The van der Waals surface area contributed by atoms with Crippen molar-refractivity contribution in [2.75, 3.05) is 13.1 Å². The van der Waals surface area contributed by atoms with Gasteiger partial charge >= 0.3 is 0 Å². The topological polar surface area (TPSA) is 29.3 Å². The summed E-state index contributed by atoms with van der Waals surface area (Å²) >= 11 is 11.0. The van der Waals surface area contributed by atoms with E-state index in [2.05, 4.69) is 11.8 Å². The Morgan fingerprint density at radius 2 is 2.12 bits per heavy atom. The Hall–Kier alpha value is -0.640. The van der Waals surface area contributed by atoms with Gasteiger partial charge < -0.3 is 5.73 Å². The summed E-state index contributed by atoms with van der Waals surface area (Å²) in [5, 5.41) is 0.816. The number of hydrogen-bond acceptors (Lipinski definition) is 2. The van der Waals surface area contributed by atoms with Gasteiger partial charge in [0.25, 0.3) is 0 Å². The molecule has 4 heteroatoms. The molecule has 0 saturated heterocycles. The highest BCUT2D eigenvalue weighted by molar-refractivity contribution is 7.80. The van der Waals surface area contributed by atoms with Gasteiger partial charge in [0, 0.05) is 24.5 Å². The van der Waals surface area contributed by atoms with Crippen molar-refractivity contribution in [3.05, 3.63) is 34.9 Å². The Morgan fingerprint density at radius 3 is 2.69 bits per heavy atom. The van der Waals surface area contributed by atoms with Crippen molar-refractivity contribution in [3.8, 4) is 0 Å². The van der Waals surface area contributed by atoms with E-state index in [1.807, 2.05) is 24.3 Å². The lowest BCUT2D eigenvalue weighted by Crippen LogP contribution is -2.27. The van der Waals surface area contributed by atoms with Crippen molar-refractivity contribution in [2.24, 2.45) is 5.73 Å². The zero-order valence-electron chi connectivity index (χ0n) is 9.45. The fourth-order valence-corrected chi connectivity index (χ4v) is 1.77. The van der Waals surface area contributed by atoms with E-state index < -0.39 is 0 Å². The van der Waals surface area contributed by atoms with E-state index in [0.717, 1.165) is 36.6 Å². The number of hydrogen-bond donors (Lipinski definition) is 1. The second-order valence-corrected chi connectivity index (χ2v) is 4.61. The van der Waals surface area contributed by atoms with Crippen molar-refractivity contribution in [1.82, 2.24) is 4.90 Å². The molecule has 0 heterocycles. The SMILES string of the molecule is CCN(CCC(N)=S)Cc1ccccc1Cl. The van der Waals surface area contributed by atoms with Crippen LogP contribution in [0.5, 0.6) is 0 Å². The highest BCUT2D eigenvalue weighted by atomic mass is 35.5. The molecule has 0 radical (unpaired) electrons. The smallest absolute Gasteiger partial charge is 0.0740 e. The van der Waals surface area contributed by atoms with E-state index in [-0.39, 0.29) is 0 Å². The molecule has 1 rings (SSSR count). The predicted octanol–water partition coefficient (Wildman–Crippen LogP) is 2.84. The molecule has 0 aliphatic rings. The van der Waals surface area contributed by atoms with Crippen molar-refractivity contribution in [2.45, 2.75) is 19.9 Å². The second kappa shape index (κ2) is 6.84. The molecule has 1 aromatic carbocycles. The molecule has 0 saturated carbocycles. The van der Waals surface area contributed by atoms with Crippen LogP contribution in [0.1, 0.15) is 18.9 Å². The van der Waals surface area contributed by atoms with Gasteiger partial charge in [0.05, 0.1) is 4.99 Å². The highest BCUT2D eigenvalue weighted by Gasteiger charge is 2.06. The van der Waals surface area contributed by atoms with Crippen LogP contribution in [-0.4, -0.2) is 23.0 Å². The Kier molecular flexibility index (Phi) is 5.74. The molecule has 0 atom stereocenters. The van der Waals surface area contributed by atoms with E-state index in [0.29, 0.717) is 4.99 Å². The number of halogens is 1. The van der Waals surface area contributed by atoms with Crippen molar-refractivity contribution >= 4 is 28.8 Å². The van der Waals surface area contributed by atoms with E-state index in [4.69, 9.17) is 29.6 Å². The first-order chi connectivity index (χ1) is 7.63. The first-order valence-electron chi connectivity index (χ1n) is 5.37. The van der Waals surface area contributed by atoms with Crippen LogP contribution < -0.4 is 5.73 Å². The molecule has 2 nitrogen and oxygen atoms in total. The molecule has 1 aromatic rings. The summed E-state index contributed by atoms with van der Waals surface area (Å²) in [6.07, 6.45) is 0.758. The summed E-state index contributed by atoms with van der Waals surface area (Å²) in [5.74, 6) is 0. The first kappa shape index (κ1) is 13.4. The zero-order valence-corrected chi connectivity index (χ0v) is 11.0. The zero-order chi connectivity index (χ0) is 12.0. The second-order valence-electron chi connectivity index (χ2n) is 3.68. The summed E-state index contributed by atoms with van der Waals surface area (Å²) in [6, 6.07) is 7.91. The molecule has 0 fully saturated rings. The average molecular weight is 257 g/mol. The quantitative estimate of drug-likeness (QED) is 0.794. The number of benzene rings is 1. The molecule has 0 amide bonds. The minimum absolute atomic E-state index is 0.567. The Bertz CT molecular complexity index is 355. The highest BCUT2D eigenvalue weighted by Crippen LogP contribution is 2.16. The van der Waals surface area contributed by atoms with Gasteiger partial charge in [0.1, 0.15) is 0 Å². The van der Waals surface area contributed by atoms with Crippen LogP contribution in [0.3, 0.4) is 0 Å². The van der Waals surface area contributed by atoms with E-state index in [1.165, 1.54) is 0 Å². The molecule has 88 valence electrons. The number of thiocarbonyl (C=S) groups is 1. The van der Waals surface area contributed by atoms with Crippen LogP contribution in [0.2, 0.25) is 5.02 Å². The maximum absolute atomic E-state index is 6.11. The van der Waals surface area contributed by atoms with Crippen LogP contribution in [-0.2, 0) is 6.54 Å². The fourth-order valence-electron chi connectivity index (χ4n) is 1.48. The minimum atomic E-state index is 0.567. The number of rotatable bonds is 6. The van der Waals surface area contributed by atoms with Gasteiger partial charge in [0.2, 0.25) is 0 Å². The third-order valence-electron chi connectivity index (χ3n) is 2.47. The monoisotopic (exact) mass is 256 g/mol. The summed E-state index contributed by atoms with van der Waals surface area (Å²) in [6.45, 7) is 4.82. The lowest BCUT2D eigenvalue weighted by Gasteiger charge is -2.20. The standard InChI is InChI=1S/C12H17ClN2S/c1-2-15(8-7-12(14)16)9-10-5-3-4-6-11(10)13/h3-6H,2,7-9H2,1H3,(H2,14,16). The summed E-state index contributed by atoms with van der Waals surface area (Å²) < 4.78 is 0. The van der Waals surface area contributed by atoms with Crippen LogP contribution >= 0.6 is 23.8 Å². The summed E-state index contributed by atoms with van der Waals surface area (Å²) in [7, 11) is 0. The van der Waals surface area contributed by atoms with Crippen molar-refractivity contribution in [1.29, 1.82) is 0 Å². The largest absolute Gasteiger partial charge is 0.393 e. The minimum Gasteiger partial charge on any atom is -0.393 e. The molecule has 2 N–H and O–H groups in total. The van der Waals surface area contributed by atoms with E-state index in [1.54, 1.807) is 0 Å². The van der Waals surface area contributed by atoms with Crippen molar-refractivity contribution < 1.29 is 0 Å². The molecule has 16 heavy (non-hydrogen) atoms. The Balaban J connectivity index is 2.56. The molecular formula is C12H17ClN2S. The van der Waals surface area contributed by atoms with Crippen LogP contribution in [0.15, 0.2) is 24.3 Å². The fraction of sp³-hybridized carbons (Fsp3) is 0.417. The summed E-state index contributed by atoms with van der Waals surface area (Å²) in [5.41, 5.74) is 6.64. The Labute approximate surface area is 107 Å². The Morgan fingerprint density at radius 1 is 1.44 bits per heavy atom. The third-order valence-corrected chi connectivity index (χ3v) is 3.05. The van der Waals surface area contributed by atoms with E-state index >= 15 is 0 Å². The third kappa shape index (κ3) is 4.47. The molecular weight excluding hydrogens is 240 g/mol. The summed E-state index contributed by atoms with van der Waals surface area (Å²) in [4.78, 5) is 2.85. The van der Waals surface area contributed by atoms with Gasteiger partial charge in [-0.25, -0.2) is 0 Å². The van der Waals surface area contributed by atoms with E-state index in [9.17, 15) is 0 Å². The molecule has 0 spiro atoms. The number of nitrogens with zero attached hydrogens (tertiary/aromatic N) is 1. The number of nitrogens with two attached hydrogens (primary N) is 1. The molecule has 0 bridgehead atoms. The maximum atomic E-state index is 6.11. The van der Waals surface area contributed by atoms with Gasteiger partial charge in [-0.05, 0) is 18.2 Å². The van der Waals surface area contributed by atoms with Crippen LogP contribution in [0.4, 0.5) is 0 Å². The van der Waals surface area contributed by atoms with Gasteiger partial charge in [-0.2, -0.15) is 0 Å². The van der Waals surface area contributed by atoms with Crippen LogP contribution in [0.25, 0.3) is 0 Å². The molecule has 0 unspecified atom stereocenters. The average Bonchev–Trinajstić information content (AvgIpc) is 2.26. The molecule has 0 aromatic heterocycles. The van der Waals surface area contributed by atoms with Gasteiger partial charge in [0.15, 0.2) is 0 Å². The van der Waals surface area contributed by atoms with Gasteiger partial charge in [-0.3, -0.25) is 4.90 Å². The van der Waals surface area contributed by atoms with Crippen molar-refractivity contribution in [3.63, 3.8) is 0 Å². The van der Waals surface area contributed by atoms with Crippen LogP contribution in [0, 0.1) is 0 Å².